The Bertz CT molecular complexity index is 443. The van der Waals surface area contributed by atoms with Crippen molar-refractivity contribution in [1.82, 2.24) is 0 Å². The third-order valence-corrected chi connectivity index (χ3v) is 3.53. The first kappa shape index (κ1) is 15.2. The number of hydrogen-bond acceptors (Lipinski definition) is 2. The molecule has 2 rings (SSSR count). The summed E-state index contributed by atoms with van der Waals surface area (Å²) in [6, 6.07) is 3.64. The van der Waals surface area contributed by atoms with Gasteiger partial charge in [0.25, 0.3) is 0 Å². The normalized spacial score (nSPS) is 19.3. The van der Waals surface area contributed by atoms with Crippen molar-refractivity contribution in [2.75, 3.05) is 13.2 Å². The summed E-state index contributed by atoms with van der Waals surface area (Å²) in [6.07, 6.45) is 4.35. The molecule has 1 fully saturated rings. The van der Waals surface area contributed by atoms with Crippen LogP contribution in [0, 0.1) is 6.92 Å². The van der Waals surface area contributed by atoms with E-state index in [0.717, 1.165) is 44.4 Å². The largest absolute Gasteiger partial charge is 0.509 e. The predicted molar refractivity (Wildman–Crippen MR) is 73.6 cm³/mol. The standard InChI is InChI=1S/C14H19BF3O2/c1-11-10-12(15(16,17)18)6-7-14(11)20-9-3-5-13-4-2-8-19-13/h6-7,10,13H,2-5,8-9H2,1H3/q-1. The van der Waals surface area contributed by atoms with Gasteiger partial charge in [0, 0.05) is 6.61 Å². The Morgan fingerprint density at radius 3 is 2.75 bits per heavy atom. The summed E-state index contributed by atoms with van der Waals surface area (Å²) in [5.41, 5.74) is -0.0481. The van der Waals surface area contributed by atoms with E-state index in [1.54, 1.807) is 6.92 Å². The fraction of sp³-hybridized carbons (Fsp3) is 0.571. The van der Waals surface area contributed by atoms with Crippen LogP contribution in [0.1, 0.15) is 31.2 Å². The first-order valence-electron chi connectivity index (χ1n) is 7.02. The molecule has 6 heteroatoms. The molecular formula is C14H19BF3O2-. The van der Waals surface area contributed by atoms with Gasteiger partial charge in [-0.1, -0.05) is 12.1 Å². The minimum atomic E-state index is -4.94. The molecule has 1 unspecified atom stereocenters. The molecule has 112 valence electrons. The molecule has 0 bridgehead atoms. The Labute approximate surface area is 117 Å². The quantitative estimate of drug-likeness (QED) is 0.590. The van der Waals surface area contributed by atoms with Crippen molar-refractivity contribution >= 4 is 12.4 Å². The zero-order valence-corrected chi connectivity index (χ0v) is 11.6. The number of rotatable bonds is 6. The molecule has 1 atom stereocenters. The lowest BCUT2D eigenvalue weighted by atomic mass is 9.79. The lowest BCUT2D eigenvalue weighted by Crippen LogP contribution is -2.34. The fourth-order valence-electron chi connectivity index (χ4n) is 2.40. The van der Waals surface area contributed by atoms with Crippen molar-refractivity contribution in [3.63, 3.8) is 0 Å². The van der Waals surface area contributed by atoms with E-state index in [4.69, 9.17) is 9.47 Å². The molecule has 20 heavy (non-hydrogen) atoms. The SMILES string of the molecule is Cc1cc([B-](F)(F)F)ccc1OCCCC1CCCO1. The smallest absolute Gasteiger partial charge is 0.493 e. The van der Waals surface area contributed by atoms with Gasteiger partial charge in [-0.25, -0.2) is 0 Å². The molecule has 1 heterocycles. The molecule has 0 amide bonds. The number of aryl methyl sites for hydroxylation is 1. The molecule has 1 saturated heterocycles. The van der Waals surface area contributed by atoms with Gasteiger partial charge < -0.3 is 22.4 Å². The molecular weight excluding hydrogens is 268 g/mol. The van der Waals surface area contributed by atoms with E-state index in [9.17, 15) is 12.9 Å². The van der Waals surface area contributed by atoms with E-state index >= 15 is 0 Å². The van der Waals surface area contributed by atoms with Gasteiger partial charge in [0.15, 0.2) is 0 Å². The Morgan fingerprint density at radius 1 is 1.35 bits per heavy atom. The van der Waals surface area contributed by atoms with Crippen LogP contribution in [-0.4, -0.2) is 26.3 Å². The van der Waals surface area contributed by atoms with Gasteiger partial charge in [0.05, 0.1) is 12.7 Å². The predicted octanol–water partition coefficient (Wildman–Crippen LogP) is 3.39. The van der Waals surface area contributed by atoms with E-state index in [1.807, 2.05) is 0 Å². The average Bonchev–Trinajstić information content (AvgIpc) is 2.88. The first-order valence-corrected chi connectivity index (χ1v) is 7.02. The highest BCUT2D eigenvalue weighted by Crippen LogP contribution is 2.20. The van der Waals surface area contributed by atoms with Crippen LogP contribution in [0.5, 0.6) is 5.75 Å². The second-order valence-corrected chi connectivity index (χ2v) is 5.23. The monoisotopic (exact) mass is 287 g/mol. The van der Waals surface area contributed by atoms with Crippen LogP contribution >= 0.6 is 0 Å². The van der Waals surface area contributed by atoms with Crippen molar-refractivity contribution in [1.29, 1.82) is 0 Å². The van der Waals surface area contributed by atoms with Crippen LogP contribution in [0.3, 0.4) is 0 Å². The van der Waals surface area contributed by atoms with Gasteiger partial charge in [0.1, 0.15) is 5.75 Å². The third-order valence-electron chi connectivity index (χ3n) is 3.53. The maximum atomic E-state index is 12.6. The number of ether oxygens (including phenoxy) is 2. The van der Waals surface area contributed by atoms with E-state index < -0.39 is 12.4 Å². The molecule has 0 aliphatic carbocycles. The van der Waals surface area contributed by atoms with Gasteiger partial charge >= 0.3 is 6.98 Å². The summed E-state index contributed by atoms with van der Waals surface area (Å²) in [7, 11) is 0. The third kappa shape index (κ3) is 4.17. The number of benzene rings is 1. The molecule has 1 aliphatic rings. The molecule has 0 aromatic heterocycles. The fourth-order valence-corrected chi connectivity index (χ4v) is 2.40. The maximum absolute atomic E-state index is 12.6. The molecule has 0 radical (unpaired) electrons. The van der Waals surface area contributed by atoms with Crippen LogP contribution in [0.2, 0.25) is 0 Å². The van der Waals surface area contributed by atoms with E-state index in [2.05, 4.69) is 0 Å². The lowest BCUT2D eigenvalue weighted by Gasteiger charge is -2.17. The summed E-state index contributed by atoms with van der Waals surface area (Å²) in [6.45, 7) is -1.95. The molecule has 1 aromatic rings. The van der Waals surface area contributed by atoms with Crippen LogP contribution in [0.25, 0.3) is 0 Å². The Balaban J connectivity index is 1.80. The Morgan fingerprint density at radius 2 is 2.15 bits per heavy atom. The summed E-state index contributed by atoms with van der Waals surface area (Å²) in [5.74, 6) is 0.529. The van der Waals surface area contributed by atoms with Crippen molar-refractivity contribution in [3.05, 3.63) is 23.8 Å². The zero-order valence-electron chi connectivity index (χ0n) is 11.6. The van der Waals surface area contributed by atoms with Crippen LogP contribution in [0.15, 0.2) is 18.2 Å². The van der Waals surface area contributed by atoms with Crippen LogP contribution in [0.4, 0.5) is 12.9 Å². The number of halogens is 3. The van der Waals surface area contributed by atoms with Crippen molar-refractivity contribution in [2.24, 2.45) is 0 Å². The summed E-state index contributed by atoms with van der Waals surface area (Å²) in [5, 5.41) is 0. The Kier molecular flexibility index (Phi) is 4.97. The van der Waals surface area contributed by atoms with E-state index in [0.29, 0.717) is 24.0 Å². The van der Waals surface area contributed by atoms with E-state index in [1.165, 1.54) is 6.07 Å². The maximum Gasteiger partial charge on any atom is 0.509 e. The zero-order chi connectivity index (χ0) is 14.6. The number of hydrogen-bond donors (Lipinski definition) is 0. The highest BCUT2D eigenvalue weighted by atomic mass is 19.4. The average molecular weight is 287 g/mol. The minimum Gasteiger partial charge on any atom is -0.493 e. The van der Waals surface area contributed by atoms with Crippen LogP contribution in [-0.2, 0) is 4.74 Å². The topological polar surface area (TPSA) is 18.5 Å². The van der Waals surface area contributed by atoms with Crippen LogP contribution < -0.4 is 10.2 Å². The van der Waals surface area contributed by atoms with Gasteiger partial charge in [0.2, 0.25) is 0 Å². The van der Waals surface area contributed by atoms with Gasteiger partial charge in [-0.3, -0.25) is 0 Å². The summed E-state index contributed by atoms with van der Waals surface area (Å²) >= 11 is 0. The van der Waals surface area contributed by atoms with Crippen molar-refractivity contribution in [3.8, 4) is 5.75 Å². The van der Waals surface area contributed by atoms with Gasteiger partial charge in [-0.05, 0) is 44.2 Å². The summed E-state index contributed by atoms with van der Waals surface area (Å²) < 4.78 is 48.8. The van der Waals surface area contributed by atoms with E-state index in [-0.39, 0.29) is 0 Å². The van der Waals surface area contributed by atoms with Crippen molar-refractivity contribution < 1.29 is 22.4 Å². The lowest BCUT2D eigenvalue weighted by molar-refractivity contribution is 0.0981. The highest BCUT2D eigenvalue weighted by Gasteiger charge is 2.25. The Hall–Kier alpha value is -1.17. The first-order chi connectivity index (χ1) is 9.47. The molecule has 2 nitrogen and oxygen atoms in total. The molecule has 0 N–H and O–H groups in total. The second-order valence-electron chi connectivity index (χ2n) is 5.23. The van der Waals surface area contributed by atoms with Gasteiger partial charge in [-0.15, -0.1) is 5.46 Å². The highest BCUT2D eigenvalue weighted by molar-refractivity contribution is 6.73. The van der Waals surface area contributed by atoms with Crippen molar-refractivity contribution in [2.45, 2.75) is 38.7 Å². The molecule has 0 spiro atoms. The minimum absolute atomic E-state index is 0.329. The molecule has 1 aliphatic heterocycles. The molecule has 0 saturated carbocycles. The molecule has 1 aromatic carbocycles. The second kappa shape index (κ2) is 6.52. The summed E-state index contributed by atoms with van der Waals surface area (Å²) in [4.78, 5) is 0. The van der Waals surface area contributed by atoms with Gasteiger partial charge in [-0.2, -0.15) is 0 Å².